The van der Waals surface area contributed by atoms with Gasteiger partial charge in [0.15, 0.2) is 17.3 Å². The largest absolute Gasteiger partial charge is 0.493 e. The van der Waals surface area contributed by atoms with Crippen molar-refractivity contribution in [1.82, 2.24) is 0 Å². The van der Waals surface area contributed by atoms with Crippen LogP contribution in [0, 0.1) is 0 Å². The summed E-state index contributed by atoms with van der Waals surface area (Å²) in [6, 6.07) is 9.09. The molecule has 5 heteroatoms. The Labute approximate surface area is 148 Å². The first kappa shape index (κ1) is 16.1. The van der Waals surface area contributed by atoms with E-state index in [2.05, 4.69) is 15.9 Å². The number of fused-ring (bicyclic) bond motifs is 1. The summed E-state index contributed by atoms with van der Waals surface area (Å²) < 4.78 is 11.4. The first-order chi connectivity index (χ1) is 11.0. The number of carbonyl (C=O) groups excluding carboxylic acids is 1. The summed E-state index contributed by atoms with van der Waals surface area (Å²) in [4.78, 5) is 12.5. The number of hydrogen-bond donors (Lipinski definition) is 0. The molecule has 2 aromatic carbocycles. The highest BCUT2D eigenvalue weighted by Gasteiger charge is 2.26. The van der Waals surface area contributed by atoms with Crippen LogP contribution in [0.1, 0.15) is 21.5 Å². The minimum atomic E-state index is 0.0178. The number of halogens is 2. The Hall–Kier alpha value is -1.78. The molecule has 3 nitrogen and oxygen atoms in total. The van der Waals surface area contributed by atoms with Crippen molar-refractivity contribution in [3.8, 4) is 11.5 Å². The van der Waals surface area contributed by atoms with E-state index in [0.717, 1.165) is 15.6 Å². The number of ketones is 1. The van der Waals surface area contributed by atoms with E-state index in [-0.39, 0.29) is 5.78 Å². The highest BCUT2D eigenvalue weighted by atomic mass is 79.9. The van der Waals surface area contributed by atoms with Crippen molar-refractivity contribution in [2.24, 2.45) is 0 Å². The predicted octanol–water partition coefficient (Wildman–Crippen LogP) is 4.94. The monoisotopic (exact) mass is 392 g/mol. The molecule has 0 N–H and O–H groups in total. The molecule has 23 heavy (non-hydrogen) atoms. The van der Waals surface area contributed by atoms with Crippen molar-refractivity contribution in [3.05, 3.63) is 62.1 Å². The van der Waals surface area contributed by atoms with Gasteiger partial charge < -0.3 is 9.47 Å². The van der Waals surface area contributed by atoms with Crippen molar-refractivity contribution in [3.63, 3.8) is 0 Å². The third-order valence-corrected chi connectivity index (χ3v) is 4.90. The average Bonchev–Trinajstić information content (AvgIpc) is 2.87. The van der Waals surface area contributed by atoms with Gasteiger partial charge in [-0.15, -0.1) is 0 Å². The lowest BCUT2D eigenvalue weighted by Gasteiger charge is -2.10. The molecule has 3 rings (SSSR count). The zero-order valence-electron chi connectivity index (χ0n) is 12.7. The lowest BCUT2D eigenvalue weighted by Crippen LogP contribution is -1.96. The van der Waals surface area contributed by atoms with Crippen LogP contribution in [0.4, 0.5) is 0 Å². The molecule has 0 saturated heterocycles. The molecule has 0 heterocycles. The average molecular weight is 394 g/mol. The predicted molar refractivity (Wildman–Crippen MR) is 94.7 cm³/mol. The van der Waals surface area contributed by atoms with Crippen LogP contribution in [0.2, 0.25) is 5.02 Å². The molecule has 0 amide bonds. The van der Waals surface area contributed by atoms with E-state index >= 15 is 0 Å². The standard InChI is InChI=1S/C18H14BrClO3/c1-22-16-8-10(14(19)9-17(16)23-2)6-11-7-13-12(18(11)21)4-3-5-15(13)20/h3-6,8-9H,7H2,1-2H3. The van der Waals surface area contributed by atoms with Gasteiger partial charge >= 0.3 is 0 Å². The number of hydrogen-bond acceptors (Lipinski definition) is 3. The highest BCUT2D eigenvalue weighted by Crippen LogP contribution is 2.37. The smallest absolute Gasteiger partial charge is 0.189 e. The van der Waals surface area contributed by atoms with Crippen molar-refractivity contribution < 1.29 is 14.3 Å². The number of carbonyl (C=O) groups is 1. The fraction of sp³-hybridized carbons (Fsp3) is 0.167. The molecule has 0 fully saturated rings. The van der Waals surface area contributed by atoms with Crippen LogP contribution in [0.3, 0.4) is 0 Å². The second-order valence-corrected chi connectivity index (χ2v) is 6.43. The van der Waals surface area contributed by atoms with Crippen LogP contribution in [-0.4, -0.2) is 20.0 Å². The first-order valence-electron chi connectivity index (χ1n) is 6.99. The molecule has 0 aliphatic heterocycles. The molecule has 118 valence electrons. The molecule has 0 atom stereocenters. The van der Waals surface area contributed by atoms with Crippen LogP contribution in [0.5, 0.6) is 11.5 Å². The van der Waals surface area contributed by atoms with Crippen LogP contribution in [0.15, 0.2) is 40.4 Å². The van der Waals surface area contributed by atoms with Gasteiger partial charge in [0.05, 0.1) is 14.2 Å². The van der Waals surface area contributed by atoms with Gasteiger partial charge in [-0.1, -0.05) is 39.7 Å². The number of rotatable bonds is 3. The molecule has 2 aromatic rings. The molecular weight excluding hydrogens is 380 g/mol. The molecule has 0 unspecified atom stereocenters. The third-order valence-electron chi connectivity index (χ3n) is 3.85. The minimum Gasteiger partial charge on any atom is -0.493 e. The second kappa shape index (κ2) is 6.38. The fourth-order valence-corrected chi connectivity index (χ4v) is 3.36. The molecule has 0 saturated carbocycles. The summed E-state index contributed by atoms with van der Waals surface area (Å²) in [5, 5.41) is 0.630. The quantitative estimate of drug-likeness (QED) is 0.693. The Bertz CT molecular complexity index is 827. The van der Waals surface area contributed by atoms with E-state index in [0.29, 0.717) is 34.1 Å². The van der Waals surface area contributed by atoms with Gasteiger partial charge in [0.2, 0.25) is 0 Å². The number of ether oxygens (including phenoxy) is 2. The molecule has 0 bridgehead atoms. The van der Waals surface area contributed by atoms with Gasteiger partial charge in [0, 0.05) is 27.1 Å². The maximum absolute atomic E-state index is 12.5. The number of benzene rings is 2. The Morgan fingerprint density at radius 3 is 2.52 bits per heavy atom. The minimum absolute atomic E-state index is 0.0178. The number of methoxy groups -OCH3 is 2. The Morgan fingerprint density at radius 1 is 1.17 bits per heavy atom. The van der Waals surface area contributed by atoms with Gasteiger partial charge in [-0.25, -0.2) is 0 Å². The summed E-state index contributed by atoms with van der Waals surface area (Å²) in [5.41, 5.74) is 3.14. The summed E-state index contributed by atoms with van der Waals surface area (Å²) in [6.45, 7) is 0. The lowest BCUT2D eigenvalue weighted by atomic mass is 10.1. The maximum atomic E-state index is 12.5. The molecule has 0 aromatic heterocycles. The summed E-state index contributed by atoms with van der Waals surface area (Å²) in [7, 11) is 3.17. The Kier molecular flexibility index (Phi) is 4.46. The molecule has 0 radical (unpaired) electrons. The number of allylic oxidation sites excluding steroid dienone is 1. The summed E-state index contributed by atoms with van der Waals surface area (Å²) >= 11 is 9.71. The normalized spacial score (nSPS) is 15.0. The summed E-state index contributed by atoms with van der Waals surface area (Å²) in [6.07, 6.45) is 2.40. The zero-order valence-corrected chi connectivity index (χ0v) is 15.0. The second-order valence-electron chi connectivity index (χ2n) is 5.17. The van der Waals surface area contributed by atoms with E-state index in [9.17, 15) is 4.79 Å². The van der Waals surface area contributed by atoms with Crippen molar-refractivity contribution in [1.29, 1.82) is 0 Å². The van der Waals surface area contributed by atoms with Gasteiger partial charge in [0.25, 0.3) is 0 Å². The van der Waals surface area contributed by atoms with E-state index in [4.69, 9.17) is 21.1 Å². The highest BCUT2D eigenvalue weighted by molar-refractivity contribution is 9.10. The van der Waals surface area contributed by atoms with Gasteiger partial charge in [-0.05, 0) is 35.4 Å². The van der Waals surface area contributed by atoms with E-state index in [1.165, 1.54) is 0 Å². The van der Waals surface area contributed by atoms with Gasteiger partial charge in [0.1, 0.15) is 0 Å². The molecule has 0 spiro atoms. The van der Waals surface area contributed by atoms with Crippen LogP contribution < -0.4 is 9.47 Å². The molecular formula is C18H14BrClO3. The molecule has 1 aliphatic rings. The number of Topliss-reactive ketones (excluding diaryl/α,β-unsaturated/α-hetero) is 1. The zero-order chi connectivity index (χ0) is 16.6. The Morgan fingerprint density at radius 2 is 1.87 bits per heavy atom. The lowest BCUT2D eigenvalue weighted by molar-refractivity contribution is 0.104. The summed E-state index contributed by atoms with van der Waals surface area (Å²) in [5.74, 6) is 1.26. The van der Waals surface area contributed by atoms with Gasteiger partial charge in [-0.3, -0.25) is 4.79 Å². The third kappa shape index (κ3) is 2.89. The van der Waals surface area contributed by atoms with Crippen molar-refractivity contribution >= 4 is 39.4 Å². The molecule has 1 aliphatic carbocycles. The van der Waals surface area contributed by atoms with Crippen LogP contribution >= 0.6 is 27.5 Å². The SMILES string of the molecule is COc1cc(Br)c(C=C2Cc3c(Cl)cccc3C2=O)cc1OC. The maximum Gasteiger partial charge on any atom is 0.189 e. The Balaban J connectivity index is 2.04. The van der Waals surface area contributed by atoms with Crippen LogP contribution in [-0.2, 0) is 6.42 Å². The first-order valence-corrected chi connectivity index (χ1v) is 8.16. The topological polar surface area (TPSA) is 35.5 Å². The van der Waals surface area contributed by atoms with E-state index in [1.807, 2.05) is 30.3 Å². The fourth-order valence-electron chi connectivity index (χ4n) is 2.68. The van der Waals surface area contributed by atoms with Gasteiger partial charge in [-0.2, -0.15) is 0 Å². The van der Waals surface area contributed by atoms with E-state index in [1.54, 1.807) is 20.3 Å². The van der Waals surface area contributed by atoms with Crippen molar-refractivity contribution in [2.75, 3.05) is 14.2 Å². The van der Waals surface area contributed by atoms with Crippen molar-refractivity contribution in [2.45, 2.75) is 6.42 Å². The van der Waals surface area contributed by atoms with E-state index < -0.39 is 0 Å². The van der Waals surface area contributed by atoms with Crippen LogP contribution in [0.25, 0.3) is 6.08 Å².